The van der Waals surface area contributed by atoms with E-state index in [2.05, 4.69) is 10.6 Å². The number of carbonyl (C=O) groups is 3. The van der Waals surface area contributed by atoms with Crippen LogP contribution in [-0.4, -0.2) is 30.6 Å². The van der Waals surface area contributed by atoms with Gasteiger partial charge in [0, 0.05) is 16.3 Å². The van der Waals surface area contributed by atoms with E-state index < -0.39 is 24.5 Å². The lowest BCUT2D eigenvalue weighted by molar-refractivity contribution is -0.123. The second-order valence-corrected chi connectivity index (χ2v) is 6.59. The fourth-order valence-corrected chi connectivity index (χ4v) is 3.60. The first-order valence-corrected chi connectivity index (χ1v) is 8.38. The number of urea groups is 1. The minimum Gasteiger partial charge on any atom is -0.452 e. The van der Waals surface area contributed by atoms with Gasteiger partial charge in [-0.3, -0.25) is 10.1 Å². The highest BCUT2D eigenvalue weighted by atomic mass is 32.1. The highest BCUT2D eigenvalue weighted by Gasteiger charge is 2.25. The predicted molar refractivity (Wildman–Crippen MR) is 80.9 cm³/mol. The Hall–Kier alpha value is -1.89. The zero-order chi connectivity index (χ0) is 15.5. The Balaban J connectivity index is 1.48. The van der Waals surface area contributed by atoms with Crippen LogP contribution < -0.4 is 10.6 Å². The van der Waals surface area contributed by atoms with Gasteiger partial charge in [0.25, 0.3) is 5.91 Å². The van der Waals surface area contributed by atoms with Crippen LogP contribution in [0.1, 0.15) is 46.5 Å². The summed E-state index contributed by atoms with van der Waals surface area (Å²) in [5.74, 6) is -1.10. The first-order valence-electron chi connectivity index (χ1n) is 7.50. The molecular weight excluding hydrogens is 304 g/mol. The number of carbonyl (C=O) groups excluding carboxylic acids is 3. The zero-order valence-corrected chi connectivity index (χ0v) is 13.0. The molecule has 22 heavy (non-hydrogen) atoms. The molecule has 118 valence electrons. The molecule has 2 aliphatic rings. The zero-order valence-electron chi connectivity index (χ0n) is 12.1. The molecule has 2 N–H and O–H groups in total. The molecule has 1 saturated carbocycles. The summed E-state index contributed by atoms with van der Waals surface area (Å²) in [6.07, 6.45) is 6.01. The predicted octanol–water partition coefficient (Wildman–Crippen LogP) is 1.77. The number of hydrogen-bond acceptors (Lipinski definition) is 5. The number of thiophene rings is 1. The normalized spacial score (nSPS) is 16.5. The van der Waals surface area contributed by atoms with E-state index in [9.17, 15) is 14.4 Å². The second kappa shape index (κ2) is 6.48. The van der Waals surface area contributed by atoms with E-state index in [1.54, 1.807) is 16.7 Å². The van der Waals surface area contributed by atoms with Crippen molar-refractivity contribution in [3.8, 4) is 0 Å². The second-order valence-electron chi connectivity index (χ2n) is 5.63. The van der Waals surface area contributed by atoms with Crippen LogP contribution in [0.15, 0.2) is 5.38 Å². The molecule has 0 spiro atoms. The van der Waals surface area contributed by atoms with Gasteiger partial charge in [0.05, 0.1) is 5.56 Å². The maximum atomic E-state index is 12.1. The molecule has 0 unspecified atom stereocenters. The number of nitrogens with one attached hydrogen (secondary N) is 2. The van der Waals surface area contributed by atoms with Gasteiger partial charge in [0.2, 0.25) is 0 Å². The largest absolute Gasteiger partial charge is 0.452 e. The van der Waals surface area contributed by atoms with E-state index >= 15 is 0 Å². The number of ether oxygens (including phenoxy) is 1. The summed E-state index contributed by atoms with van der Waals surface area (Å²) >= 11 is 1.57. The lowest BCUT2D eigenvalue weighted by Gasteiger charge is -2.12. The van der Waals surface area contributed by atoms with Crippen molar-refractivity contribution < 1.29 is 19.1 Å². The van der Waals surface area contributed by atoms with Crippen molar-refractivity contribution in [2.45, 2.75) is 44.6 Å². The molecule has 1 fully saturated rings. The Bertz CT molecular complexity index is 607. The van der Waals surface area contributed by atoms with E-state index in [4.69, 9.17) is 4.74 Å². The van der Waals surface area contributed by atoms with Crippen LogP contribution in [0.5, 0.6) is 0 Å². The fraction of sp³-hybridized carbons (Fsp3) is 0.533. The van der Waals surface area contributed by atoms with E-state index in [1.165, 1.54) is 4.88 Å². The van der Waals surface area contributed by atoms with E-state index in [0.29, 0.717) is 5.56 Å². The molecule has 3 amide bonds. The van der Waals surface area contributed by atoms with E-state index in [1.807, 2.05) is 0 Å². The number of hydrogen-bond donors (Lipinski definition) is 2. The van der Waals surface area contributed by atoms with E-state index in [0.717, 1.165) is 44.1 Å². The maximum absolute atomic E-state index is 12.1. The van der Waals surface area contributed by atoms with Crippen molar-refractivity contribution >= 4 is 29.2 Å². The first kappa shape index (κ1) is 15.0. The molecule has 1 heterocycles. The monoisotopic (exact) mass is 322 g/mol. The number of esters is 1. The van der Waals surface area contributed by atoms with Crippen LogP contribution in [0.3, 0.4) is 0 Å². The van der Waals surface area contributed by atoms with Crippen molar-refractivity contribution in [3.63, 3.8) is 0 Å². The van der Waals surface area contributed by atoms with Crippen molar-refractivity contribution in [1.82, 2.24) is 10.6 Å². The number of amides is 3. The van der Waals surface area contributed by atoms with Crippen LogP contribution in [0.4, 0.5) is 4.79 Å². The summed E-state index contributed by atoms with van der Waals surface area (Å²) in [5, 5.41) is 6.58. The van der Waals surface area contributed by atoms with Gasteiger partial charge < -0.3 is 10.1 Å². The number of rotatable bonds is 4. The topological polar surface area (TPSA) is 84.5 Å². The summed E-state index contributed by atoms with van der Waals surface area (Å²) in [6.45, 7) is -0.443. The standard InChI is InChI=1S/C15H18N2O4S/c18-13(17-15(20)16-9-5-6-9)7-21-14(19)11-8-22-12-4-2-1-3-10(11)12/h8-9H,1-7H2,(H2,16,17,18,20). The van der Waals surface area contributed by atoms with Gasteiger partial charge in [-0.05, 0) is 44.1 Å². The Morgan fingerprint density at radius 2 is 2.00 bits per heavy atom. The Labute approximate surface area is 132 Å². The van der Waals surface area contributed by atoms with Gasteiger partial charge in [0.15, 0.2) is 6.61 Å². The number of imide groups is 1. The van der Waals surface area contributed by atoms with E-state index in [-0.39, 0.29) is 6.04 Å². The molecular formula is C15H18N2O4S. The molecule has 6 nitrogen and oxygen atoms in total. The SMILES string of the molecule is O=C(COC(=O)c1csc2c1CCCC2)NC(=O)NC1CC1. The third-order valence-electron chi connectivity index (χ3n) is 3.78. The third-order valence-corrected chi connectivity index (χ3v) is 4.87. The molecule has 1 aromatic rings. The summed E-state index contributed by atoms with van der Waals surface area (Å²) < 4.78 is 5.01. The molecule has 0 bridgehead atoms. The molecule has 1 aromatic heterocycles. The Morgan fingerprint density at radius 1 is 1.23 bits per heavy atom. The fourth-order valence-electron chi connectivity index (χ4n) is 2.49. The van der Waals surface area contributed by atoms with Crippen molar-refractivity contribution in [2.75, 3.05) is 6.61 Å². The first-order chi connectivity index (χ1) is 10.6. The van der Waals surface area contributed by atoms with Crippen molar-refractivity contribution in [2.24, 2.45) is 0 Å². The molecule has 0 saturated heterocycles. The maximum Gasteiger partial charge on any atom is 0.339 e. The summed E-state index contributed by atoms with van der Waals surface area (Å²) in [6, 6.07) is -0.357. The highest BCUT2D eigenvalue weighted by molar-refractivity contribution is 7.10. The van der Waals surface area contributed by atoms with Crippen LogP contribution >= 0.6 is 11.3 Å². The minimum atomic E-state index is -0.615. The van der Waals surface area contributed by atoms with Gasteiger partial charge in [0.1, 0.15) is 0 Å². The number of fused-ring (bicyclic) bond motifs is 1. The average Bonchev–Trinajstić information content (AvgIpc) is 3.20. The summed E-state index contributed by atoms with van der Waals surface area (Å²) in [4.78, 5) is 36.3. The van der Waals surface area contributed by atoms with Gasteiger partial charge in [-0.15, -0.1) is 11.3 Å². The molecule has 0 aromatic carbocycles. The molecule has 7 heteroatoms. The lowest BCUT2D eigenvalue weighted by atomic mass is 9.96. The Morgan fingerprint density at radius 3 is 2.77 bits per heavy atom. The van der Waals surface area contributed by atoms with Crippen LogP contribution in [0.2, 0.25) is 0 Å². The van der Waals surface area contributed by atoms with Crippen LogP contribution in [0, 0.1) is 0 Å². The Kier molecular flexibility index (Phi) is 4.42. The molecule has 2 aliphatic carbocycles. The van der Waals surface area contributed by atoms with Crippen LogP contribution in [-0.2, 0) is 22.4 Å². The third kappa shape index (κ3) is 3.65. The highest BCUT2D eigenvalue weighted by Crippen LogP contribution is 2.30. The number of aryl methyl sites for hydroxylation is 1. The smallest absolute Gasteiger partial charge is 0.339 e. The van der Waals surface area contributed by atoms with Crippen LogP contribution in [0.25, 0.3) is 0 Å². The summed E-state index contributed by atoms with van der Waals surface area (Å²) in [5.41, 5.74) is 1.63. The van der Waals surface area contributed by atoms with Crippen molar-refractivity contribution in [3.05, 3.63) is 21.4 Å². The van der Waals surface area contributed by atoms with Crippen molar-refractivity contribution in [1.29, 1.82) is 0 Å². The molecule has 0 aliphatic heterocycles. The summed E-state index contributed by atoms with van der Waals surface area (Å²) in [7, 11) is 0. The van der Waals surface area contributed by atoms with Gasteiger partial charge >= 0.3 is 12.0 Å². The minimum absolute atomic E-state index is 0.174. The van der Waals surface area contributed by atoms with Gasteiger partial charge in [-0.2, -0.15) is 0 Å². The van der Waals surface area contributed by atoms with Gasteiger partial charge in [-0.1, -0.05) is 0 Å². The lowest BCUT2D eigenvalue weighted by Crippen LogP contribution is -2.42. The molecule has 0 radical (unpaired) electrons. The van der Waals surface area contributed by atoms with Gasteiger partial charge in [-0.25, -0.2) is 9.59 Å². The quantitative estimate of drug-likeness (QED) is 0.828. The average molecular weight is 322 g/mol. The molecule has 3 rings (SSSR count). The molecule has 0 atom stereocenters.